The van der Waals surface area contributed by atoms with Gasteiger partial charge < -0.3 is 5.32 Å². The number of pyridine rings is 1. The van der Waals surface area contributed by atoms with Crippen LogP contribution in [0.2, 0.25) is 0 Å². The highest BCUT2D eigenvalue weighted by atomic mass is 32.1. The lowest BCUT2D eigenvalue weighted by Crippen LogP contribution is -2.07. The van der Waals surface area contributed by atoms with Gasteiger partial charge in [-0.3, -0.25) is 0 Å². The molecule has 0 radical (unpaired) electrons. The Morgan fingerprint density at radius 3 is 2.69 bits per heavy atom. The molecule has 0 aliphatic heterocycles. The van der Waals surface area contributed by atoms with Crippen molar-refractivity contribution >= 4 is 17.2 Å². The number of aryl methyl sites for hydroxylation is 2. The summed E-state index contributed by atoms with van der Waals surface area (Å²) in [6.45, 7) is 6.14. The molecular formula is C12H15N3S. The van der Waals surface area contributed by atoms with Crippen LogP contribution < -0.4 is 5.32 Å². The summed E-state index contributed by atoms with van der Waals surface area (Å²) in [5, 5.41) is 6.50. The van der Waals surface area contributed by atoms with Gasteiger partial charge in [-0.05, 0) is 32.4 Å². The molecule has 0 aromatic carbocycles. The molecule has 2 aromatic heterocycles. The molecule has 0 saturated heterocycles. The molecular weight excluding hydrogens is 218 g/mol. The highest BCUT2D eigenvalue weighted by Crippen LogP contribution is 2.21. The maximum absolute atomic E-state index is 4.45. The van der Waals surface area contributed by atoms with Gasteiger partial charge in [0.25, 0.3) is 0 Å². The Balaban J connectivity index is 2.07. The third-order valence-corrected chi connectivity index (χ3v) is 3.43. The smallest absolute Gasteiger partial charge is 0.126 e. The van der Waals surface area contributed by atoms with Crippen LogP contribution in [-0.2, 0) is 0 Å². The van der Waals surface area contributed by atoms with Crippen molar-refractivity contribution in [1.29, 1.82) is 0 Å². The lowest BCUT2D eigenvalue weighted by Gasteiger charge is -2.11. The van der Waals surface area contributed by atoms with Crippen molar-refractivity contribution in [2.75, 3.05) is 5.32 Å². The molecule has 0 spiro atoms. The van der Waals surface area contributed by atoms with Crippen LogP contribution >= 0.6 is 11.3 Å². The van der Waals surface area contributed by atoms with E-state index in [4.69, 9.17) is 0 Å². The molecule has 3 nitrogen and oxygen atoms in total. The van der Waals surface area contributed by atoms with Crippen LogP contribution in [0.4, 0.5) is 5.82 Å². The summed E-state index contributed by atoms with van der Waals surface area (Å²) in [7, 11) is 0. The number of aromatic nitrogens is 2. The average molecular weight is 233 g/mol. The SMILES string of the molecule is Cc1ccc(NC(C)c2nc(C)cs2)nc1. The third-order valence-electron chi connectivity index (χ3n) is 2.28. The first-order valence-electron chi connectivity index (χ1n) is 5.26. The maximum Gasteiger partial charge on any atom is 0.126 e. The molecule has 0 aliphatic carbocycles. The molecule has 4 heteroatoms. The molecule has 2 heterocycles. The molecule has 0 saturated carbocycles. The minimum atomic E-state index is 0.203. The van der Waals surface area contributed by atoms with E-state index in [1.54, 1.807) is 11.3 Å². The molecule has 84 valence electrons. The van der Waals surface area contributed by atoms with E-state index in [1.165, 1.54) is 5.56 Å². The second kappa shape index (κ2) is 4.61. The zero-order chi connectivity index (χ0) is 11.5. The molecule has 2 aromatic rings. The summed E-state index contributed by atoms with van der Waals surface area (Å²) in [6.07, 6.45) is 1.86. The van der Waals surface area contributed by atoms with Gasteiger partial charge in [0.1, 0.15) is 10.8 Å². The fraction of sp³-hybridized carbons (Fsp3) is 0.333. The fourth-order valence-electron chi connectivity index (χ4n) is 1.41. The molecule has 0 bridgehead atoms. The van der Waals surface area contributed by atoms with Gasteiger partial charge in [0.2, 0.25) is 0 Å². The van der Waals surface area contributed by atoms with Gasteiger partial charge >= 0.3 is 0 Å². The fourth-order valence-corrected chi connectivity index (χ4v) is 2.21. The van der Waals surface area contributed by atoms with Crippen molar-refractivity contribution in [1.82, 2.24) is 9.97 Å². The van der Waals surface area contributed by atoms with E-state index in [2.05, 4.69) is 33.7 Å². The van der Waals surface area contributed by atoms with Crippen molar-refractivity contribution in [3.63, 3.8) is 0 Å². The van der Waals surface area contributed by atoms with Crippen LogP contribution in [0, 0.1) is 13.8 Å². The monoisotopic (exact) mass is 233 g/mol. The maximum atomic E-state index is 4.45. The second-order valence-electron chi connectivity index (χ2n) is 3.91. The zero-order valence-electron chi connectivity index (χ0n) is 9.69. The summed E-state index contributed by atoms with van der Waals surface area (Å²) in [4.78, 5) is 8.77. The first-order valence-corrected chi connectivity index (χ1v) is 6.14. The lowest BCUT2D eigenvalue weighted by atomic mass is 10.3. The van der Waals surface area contributed by atoms with Crippen LogP contribution in [-0.4, -0.2) is 9.97 Å². The molecule has 0 aliphatic rings. The van der Waals surface area contributed by atoms with Crippen LogP contribution in [0.3, 0.4) is 0 Å². The van der Waals surface area contributed by atoms with Crippen LogP contribution in [0.1, 0.15) is 29.2 Å². The van der Waals surface area contributed by atoms with E-state index in [0.717, 1.165) is 16.5 Å². The summed E-state index contributed by atoms with van der Waals surface area (Å²) in [5.41, 5.74) is 2.24. The van der Waals surface area contributed by atoms with Gasteiger partial charge in [0.05, 0.1) is 6.04 Å². The number of thiazole rings is 1. The van der Waals surface area contributed by atoms with E-state index in [1.807, 2.05) is 26.1 Å². The zero-order valence-corrected chi connectivity index (χ0v) is 10.5. The molecule has 2 rings (SSSR count). The summed E-state index contributed by atoms with van der Waals surface area (Å²) < 4.78 is 0. The Morgan fingerprint density at radius 1 is 1.31 bits per heavy atom. The van der Waals surface area contributed by atoms with Crippen molar-refractivity contribution in [2.45, 2.75) is 26.8 Å². The van der Waals surface area contributed by atoms with Gasteiger partial charge in [0.15, 0.2) is 0 Å². The highest BCUT2D eigenvalue weighted by Gasteiger charge is 2.09. The lowest BCUT2D eigenvalue weighted by molar-refractivity contribution is 0.855. The van der Waals surface area contributed by atoms with Gasteiger partial charge in [0, 0.05) is 17.3 Å². The molecule has 1 N–H and O–H groups in total. The molecule has 0 amide bonds. The van der Waals surface area contributed by atoms with Crippen molar-refractivity contribution < 1.29 is 0 Å². The first-order chi connectivity index (χ1) is 7.65. The second-order valence-corrected chi connectivity index (χ2v) is 4.80. The molecule has 0 fully saturated rings. The van der Waals surface area contributed by atoms with E-state index in [0.29, 0.717) is 0 Å². The number of anilines is 1. The Hall–Kier alpha value is -1.42. The van der Waals surface area contributed by atoms with E-state index >= 15 is 0 Å². The summed E-state index contributed by atoms with van der Waals surface area (Å²) in [6, 6.07) is 4.25. The Morgan fingerprint density at radius 2 is 2.12 bits per heavy atom. The predicted octanol–water partition coefficient (Wildman–Crippen LogP) is 3.33. The quantitative estimate of drug-likeness (QED) is 0.883. The Bertz CT molecular complexity index is 461. The molecule has 16 heavy (non-hydrogen) atoms. The number of rotatable bonds is 3. The van der Waals surface area contributed by atoms with Crippen LogP contribution in [0.15, 0.2) is 23.7 Å². The minimum absolute atomic E-state index is 0.203. The third kappa shape index (κ3) is 2.58. The summed E-state index contributed by atoms with van der Waals surface area (Å²) in [5.74, 6) is 0.894. The van der Waals surface area contributed by atoms with E-state index < -0.39 is 0 Å². The van der Waals surface area contributed by atoms with Gasteiger partial charge in [-0.2, -0.15) is 0 Å². The minimum Gasteiger partial charge on any atom is -0.361 e. The number of nitrogens with zero attached hydrogens (tertiary/aromatic N) is 2. The van der Waals surface area contributed by atoms with Crippen LogP contribution in [0.5, 0.6) is 0 Å². The van der Waals surface area contributed by atoms with Gasteiger partial charge in [-0.1, -0.05) is 6.07 Å². The number of nitrogens with one attached hydrogen (secondary N) is 1. The van der Waals surface area contributed by atoms with Crippen LogP contribution in [0.25, 0.3) is 0 Å². The van der Waals surface area contributed by atoms with Gasteiger partial charge in [-0.25, -0.2) is 9.97 Å². The predicted molar refractivity (Wildman–Crippen MR) is 67.9 cm³/mol. The van der Waals surface area contributed by atoms with E-state index in [9.17, 15) is 0 Å². The van der Waals surface area contributed by atoms with Crippen molar-refractivity contribution in [3.8, 4) is 0 Å². The van der Waals surface area contributed by atoms with E-state index in [-0.39, 0.29) is 6.04 Å². The van der Waals surface area contributed by atoms with Gasteiger partial charge in [-0.15, -0.1) is 11.3 Å². The highest BCUT2D eigenvalue weighted by molar-refractivity contribution is 7.09. The number of hydrogen-bond acceptors (Lipinski definition) is 4. The topological polar surface area (TPSA) is 37.8 Å². The van der Waals surface area contributed by atoms with Crippen molar-refractivity contribution in [2.24, 2.45) is 0 Å². The standard InChI is InChI=1S/C12H15N3S/c1-8-4-5-11(13-6-8)15-10(3)12-14-9(2)7-16-12/h4-7,10H,1-3H3,(H,13,15). The number of hydrogen-bond donors (Lipinski definition) is 1. The average Bonchev–Trinajstić information content (AvgIpc) is 2.68. The largest absolute Gasteiger partial charge is 0.361 e. The Kier molecular flexibility index (Phi) is 3.19. The molecule has 1 unspecified atom stereocenters. The normalized spacial score (nSPS) is 12.4. The molecule has 1 atom stereocenters. The Labute approximate surface area is 99.6 Å². The first kappa shape index (κ1) is 11.1. The summed E-state index contributed by atoms with van der Waals surface area (Å²) >= 11 is 1.68. The van der Waals surface area contributed by atoms with Crippen molar-refractivity contribution in [3.05, 3.63) is 40.0 Å².